The predicted molar refractivity (Wildman–Crippen MR) is 159 cm³/mol. The zero-order valence-electron chi connectivity index (χ0n) is 22.1. The first kappa shape index (κ1) is 25.3. The fourth-order valence-corrected chi connectivity index (χ4v) is 7.06. The Morgan fingerprint density at radius 2 is 1.63 bits per heavy atom. The molecule has 7 rings (SSSR count). The zero-order valence-corrected chi connectivity index (χ0v) is 22.8. The highest BCUT2D eigenvalue weighted by Crippen LogP contribution is 2.58. The lowest BCUT2D eigenvalue weighted by Crippen LogP contribution is -2.51. The first-order valence-electron chi connectivity index (χ1n) is 13.4. The molecule has 202 valence electrons. The Hall–Kier alpha value is -4.68. The molecule has 0 aliphatic carbocycles. The van der Waals surface area contributed by atoms with Gasteiger partial charge in [-0.2, -0.15) is 0 Å². The number of ketones is 2. The highest BCUT2D eigenvalue weighted by molar-refractivity contribution is 6.31. The van der Waals surface area contributed by atoms with Gasteiger partial charge < -0.3 is 15.0 Å². The predicted octanol–water partition coefficient (Wildman–Crippen LogP) is 6.20. The second kappa shape index (κ2) is 9.46. The largest absolute Gasteiger partial charge is 0.497 e. The van der Waals surface area contributed by atoms with Crippen molar-refractivity contribution in [2.45, 2.75) is 17.5 Å². The van der Waals surface area contributed by atoms with Gasteiger partial charge in [-0.3, -0.25) is 14.4 Å². The fourth-order valence-electron chi connectivity index (χ4n) is 6.88. The number of methoxy groups -OCH3 is 1. The second-order valence-electron chi connectivity index (χ2n) is 10.5. The Kier molecular flexibility index (Phi) is 5.84. The lowest BCUT2D eigenvalue weighted by Gasteiger charge is -2.37. The van der Waals surface area contributed by atoms with Gasteiger partial charge in [-0.05, 0) is 47.5 Å². The summed E-state index contributed by atoms with van der Waals surface area (Å²) in [5, 5.41) is 3.60. The van der Waals surface area contributed by atoms with Crippen LogP contribution in [-0.2, 0) is 10.2 Å². The number of benzene rings is 4. The van der Waals surface area contributed by atoms with Crippen molar-refractivity contribution in [1.29, 1.82) is 0 Å². The average molecular weight is 561 g/mol. The molecule has 1 fully saturated rings. The van der Waals surface area contributed by atoms with Crippen molar-refractivity contribution in [1.82, 2.24) is 0 Å². The van der Waals surface area contributed by atoms with Gasteiger partial charge >= 0.3 is 0 Å². The lowest BCUT2D eigenvalue weighted by molar-refractivity contribution is -0.121. The number of hydrogen-bond acceptors (Lipinski definition) is 5. The monoisotopic (exact) mass is 560 g/mol. The molecular formula is C34H25ClN2O4. The first-order chi connectivity index (χ1) is 19.9. The summed E-state index contributed by atoms with van der Waals surface area (Å²) in [6.45, 7) is 0. The van der Waals surface area contributed by atoms with Crippen LogP contribution in [0.15, 0.2) is 103 Å². The van der Waals surface area contributed by atoms with Gasteiger partial charge in [-0.15, -0.1) is 0 Å². The van der Waals surface area contributed by atoms with Gasteiger partial charge in [0.1, 0.15) is 17.2 Å². The molecule has 3 aliphatic heterocycles. The molecule has 7 heteroatoms. The van der Waals surface area contributed by atoms with Crippen LogP contribution in [0.2, 0.25) is 5.02 Å². The number of nitrogens with zero attached hydrogens (tertiary/aromatic N) is 1. The summed E-state index contributed by atoms with van der Waals surface area (Å²) < 4.78 is 5.43. The van der Waals surface area contributed by atoms with Gasteiger partial charge in [0.25, 0.3) is 0 Å². The number of para-hydroxylation sites is 1. The highest BCUT2D eigenvalue weighted by Gasteiger charge is 2.70. The van der Waals surface area contributed by atoms with Crippen LogP contribution in [0, 0.1) is 5.92 Å². The number of amides is 1. The van der Waals surface area contributed by atoms with Crippen LogP contribution in [0.25, 0.3) is 6.08 Å². The van der Waals surface area contributed by atoms with Gasteiger partial charge in [0.2, 0.25) is 5.91 Å². The summed E-state index contributed by atoms with van der Waals surface area (Å²) in [6, 6.07) is 27.1. The molecule has 41 heavy (non-hydrogen) atoms. The van der Waals surface area contributed by atoms with E-state index in [0.717, 1.165) is 11.3 Å². The minimum atomic E-state index is -1.38. The third-order valence-corrected chi connectivity index (χ3v) is 8.79. The van der Waals surface area contributed by atoms with E-state index in [4.69, 9.17) is 16.3 Å². The number of halogens is 1. The summed E-state index contributed by atoms with van der Waals surface area (Å²) >= 11 is 6.36. The topological polar surface area (TPSA) is 75.7 Å². The molecule has 0 bridgehead atoms. The van der Waals surface area contributed by atoms with Crippen molar-refractivity contribution >= 4 is 46.5 Å². The molecule has 1 N–H and O–H groups in total. The van der Waals surface area contributed by atoms with Crippen LogP contribution in [-0.4, -0.2) is 36.7 Å². The Balaban J connectivity index is 1.54. The number of anilines is 2. The van der Waals surface area contributed by atoms with E-state index in [1.54, 1.807) is 54.6 Å². The van der Waals surface area contributed by atoms with E-state index in [1.165, 1.54) is 7.11 Å². The molecule has 4 aromatic carbocycles. The minimum absolute atomic E-state index is 0.234. The van der Waals surface area contributed by atoms with E-state index in [9.17, 15) is 14.4 Å². The molecule has 4 aromatic rings. The number of carbonyl (C=O) groups excluding carboxylic acids is 3. The Bertz CT molecular complexity index is 1770. The summed E-state index contributed by atoms with van der Waals surface area (Å²) in [5.74, 6) is -1.38. The van der Waals surface area contributed by atoms with Crippen LogP contribution in [0.3, 0.4) is 0 Å². The van der Waals surface area contributed by atoms with Gasteiger partial charge in [0, 0.05) is 27.5 Å². The standard InChI is InChI=1S/C34H25ClN2O4/c1-41-24-11-7-10-22(19-24)31(38)29-30(32(39)20-8-3-2-4-9-20)37-27-16-15-23(35)18-21(27)14-17-28(37)34(29)25-12-5-6-13-26(25)36-33(34)40/h2-19,28-30H,1H3,(H,36,40)/t28-,29+,30+,34+/m1/s1. The molecule has 4 atom stereocenters. The third kappa shape index (κ3) is 3.60. The third-order valence-electron chi connectivity index (χ3n) is 8.56. The maximum Gasteiger partial charge on any atom is 0.238 e. The second-order valence-corrected chi connectivity index (χ2v) is 11.0. The Labute approximate surface area is 242 Å². The summed E-state index contributed by atoms with van der Waals surface area (Å²) in [7, 11) is 1.54. The fraction of sp³-hybridized carbons (Fsp3) is 0.147. The number of Topliss-reactive ketones (excluding diaryl/α,β-unsaturated/α-hetero) is 2. The van der Waals surface area contributed by atoms with E-state index < -0.39 is 23.4 Å². The Morgan fingerprint density at radius 3 is 2.44 bits per heavy atom. The SMILES string of the molecule is COc1cccc(C(=O)[C@@H]2[C@@H](C(=O)c3ccccc3)N3c4ccc(Cl)cc4C=C[C@@H]3[C@]23C(=O)Nc2ccccc23)c1. The van der Waals surface area contributed by atoms with Crippen LogP contribution >= 0.6 is 11.6 Å². The van der Waals surface area contributed by atoms with E-state index >= 15 is 0 Å². The van der Waals surface area contributed by atoms with E-state index in [1.807, 2.05) is 59.5 Å². The molecule has 6 nitrogen and oxygen atoms in total. The summed E-state index contributed by atoms with van der Waals surface area (Å²) in [5.41, 5.74) is 2.37. The number of hydrogen-bond donors (Lipinski definition) is 1. The first-order valence-corrected chi connectivity index (χ1v) is 13.8. The van der Waals surface area contributed by atoms with Crippen LogP contribution in [0.4, 0.5) is 11.4 Å². The number of fused-ring (bicyclic) bond motifs is 6. The zero-order chi connectivity index (χ0) is 28.3. The van der Waals surface area contributed by atoms with Crippen LogP contribution in [0.5, 0.6) is 5.75 Å². The number of ether oxygens (including phenoxy) is 1. The van der Waals surface area contributed by atoms with Crippen molar-refractivity contribution in [2.75, 3.05) is 17.3 Å². The molecule has 3 heterocycles. The minimum Gasteiger partial charge on any atom is -0.497 e. The van der Waals surface area contributed by atoms with Crippen molar-refractivity contribution in [2.24, 2.45) is 5.92 Å². The maximum atomic E-state index is 14.8. The lowest BCUT2D eigenvalue weighted by atomic mass is 9.64. The Morgan fingerprint density at radius 1 is 0.878 bits per heavy atom. The smallest absolute Gasteiger partial charge is 0.238 e. The molecule has 0 unspecified atom stereocenters. The van der Waals surface area contributed by atoms with Crippen LogP contribution in [0.1, 0.15) is 31.8 Å². The molecule has 0 saturated carbocycles. The van der Waals surface area contributed by atoms with Gasteiger partial charge in [-0.25, -0.2) is 0 Å². The average Bonchev–Trinajstić information content (AvgIpc) is 3.49. The summed E-state index contributed by atoms with van der Waals surface area (Å²) in [4.78, 5) is 45.8. The van der Waals surface area contributed by atoms with Crippen LogP contribution < -0.4 is 15.0 Å². The molecule has 0 radical (unpaired) electrons. The van der Waals surface area contributed by atoms with Crippen molar-refractivity contribution in [3.05, 3.63) is 130 Å². The number of carbonyl (C=O) groups is 3. The molecule has 3 aliphatic rings. The molecule has 0 aromatic heterocycles. The van der Waals surface area contributed by atoms with Crippen molar-refractivity contribution < 1.29 is 19.1 Å². The number of rotatable bonds is 5. The van der Waals surface area contributed by atoms with E-state index in [-0.39, 0.29) is 17.5 Å². The molecular weight excluding hydrogens is 536 g/mol. The molecule has 1 spiro atoms. The highest BCUT2D eigenvalue weighted by atomic mass is 35.5. The maximum absolute atomic E-state index is 14.8. The van der Waals surface area contributed by atoms with E-state index in [2.05, 4.69) is 5.32 Å². The van der Waals surface area contributed by atoms with Crippen molar-refractivity contribution in [3.8, 4) is 5.75 Å². The van der Waals surface area contributed by atoms with E-state index in [0.29, 0.717) is 33.1 Å². The van der Waals surface area contributed by atoms with Gasteiger partial charge in [0.15, 0.2) is 11.6 Å². The summed E-state index contributed by atoms with van der Waals surface area (Å²) in [6.07, 6.45) is 3.87. The molecule has 1 amide bonds. The van der Waals surface area contributed by atoms with Gasteiger partial charge in [0.05, 0.1) is 19.1 Å². The molecule has 1 saturated heterocycles. The number of nitrogens with one attached hydrogen (secondary N) is 1. The van der Waals surface area contributed by atoms with Crippen molar-refractivity contribution in [3.63, 3.8) is 0 Å². The normalized spacial score (nSPS) is 23.5. The van der Waals surface area contributed by atoms with Gasteiger partial charge in [-0.1, -0.05) is 84.4 Å². The quantitative estimate of drug-likeness (QED) is 0.294.